The predicted molar refractivity (Wildman–Crippen MR) is 114 cm³/mol. The maximum atomic E-state index is 13.7. The molecule has 0 aliphatic carbocycles. The number of thioether (sulfide) groups is 1. The second kappa shape index (κ2) is 10.3. The van der Waals surface area contributed by atoms with Crippen LogP contribution in [0.15, 0.2) is 59.6 Å². The lowest BCUT2D eigenvalue weighted by molar-refractivity contribution is -0.137. The van der Waals surface area contributed by atoms with Crippen LogP contribution in [0.25, 0.3) is 0 Å². The first-order valence-corrected chi connectivity index (χ1v) is 10.2. The van der Waals surface area contributed by atoms with Crippen LogP contribution < -0.4 is 15.4 Å². The van der Waals surface area contributed by atoms with Gasteiger partial charge < -0.3 is 15.4 Å². The standard InChI is InChI=1S/C21H16F4N4O3S/c1-32-16-7-6-12(21(23,24)25)10-15(16)26-18(30)11-33-19-9-8-17(28-29-19)27-20(31)13-4-2-3-5-14(13)22/h2-10H,11H2,1H3,(H,26,30)(H,27,28,31). The maximum absolute atomic E-state index is 13.7. The lowest BCUT2D eigenvalue weighted by Gasteiger charge is -2.13. The van der Waals surface area contributed by atoms with E-state index in [1.807, 2.05) is 0 Å². The van der Waals surface area contributed by atoms with E-state index in [0.29, 0.717) is 5.03 Å². The van der Waals surface area contributed by atoms with Crippen LogP contribution in [0.5, 0.6) is 5.75 Å². The summed E-state index contributed by atoms with van der Waals surface area (Å²) in [6.45, 7) is 0. The summed E-state index contributed by atoms with van der Waals surface area (Å²) in [6.07, 6.45) is -4.57. The second-order valence-corrected chi connectivity index (χ2v) is 7.44. The van der Waals surface area contributed by atoms with Gasteiger partial charge in [0.25, 0.3) is 5.91 Å². The molecule has 0 saturated carbocycles. The van der Waals surface area contributed by atoms with Crippen molar-refractivity contribution >= 4 is 35.1 Å². The van der Waals surface area contributed by atoms with Gasteiger partial charge in [0, 0.05) is 0 Å². The first-order chi connectivity index (χ1) is 15.7. The number of benzene rings is 2. The zero-order valence-corrected chi connectivity index (χ0v) is 17.8. The van der Waals surface area contributed by atoms with Gasteiger partial charge in [-0.2, -0.15) is 13.2 Å². The third-order valence-electron chi connectivity index (χ3n) is 4.15. The molecule has 1 aromatic heterocycles. The van der Waals surface area contributed by atoms with Crippen molar-refractivity contribution in [1.82, 2.24) is 10.2 Å². The molecule has 0 bridgehead atoms. The SMILES string of the molecule is COc1ccc(C(F)(F)F)cc1NC(=O)CSc1ccc(NC(=O)c2ccccc2F)nn1. The average molecular weight is 480 g/mol. The smallest absolute Gasteiger partial charge is 0.416 e. The Labute approximate surface area is 189 Å². The number of halogens is 4. The molecule has 0 saturated heterocycles. The zero-order valence-electron chi connectivity index (χ0n) is 16.9. The van der Waals surface area contributed by atoms with E-state index < -0.39 is 29.4 Å². The number of amides is 2. The Morgan fingerprint density at radius 3 is 2.42 bits per heavy atom. The fraction of sp³-hybridized carbons (Fsp3) is 0.143. The number of methoxy groups -OCH3 is 1. The summed E-state index contributed by atoms with van der Waals surface area (Å²) in [4.78, 5) is 24.3. The molecule has 0 aliphatic rings. The molecule has 0 radical (unpaired) electrons. The van der Waals surface area contributed by atoms with Crippen LogP contribution in [0, 0.1) is 5.82 Å². The van der Waals surface area contributed by atoms with Crippen LogP contribution in [0.2, 0.25) is 0 Å². The Balaban J connectivity index is 1.58. The molecule has 0 unspecified atom stereocenters. The van der Waals surface area contributed by atoms with E-state index in [1.54, 1.807) is 0 Å². The minimum absolute atomic E-state index is 0.0748. The number of rotatable bonds is 7. The molecule has 2 amide bonds. The minimum atomic E-state index is -4.57. The Morgan fingerprint density at radius 1 is 1.03 bits per heavy atom. The van der Waals surface area contributed by atoms with Crippen molar-refractivity contribution in [2.75, 3.05) is 23.5 Å². The van der Waals surface area contributed by atoms with Crippen LogP contribution in [0.3, 0.4) is 0 Å². The number of alkyl halides is 3. The van der Waals surface area contributed by atoms with E-state index in [4.69, 9.17) is 4.74 Å². The van der Waals surface area contributed by atoms with E-state index >= 15 is 0 Å². The summed E-state index contributed by atoms with van der Waals surface area (Å²) in [5.41, 5.74) is -1.19. The Kier molecular flexibility index (Phi) is 7.48. The van der Waals surface area contributed by atoms with Crippen LogP contribution in [-0.2, 0) is 11.0 Å². The molecule has 0 spiro atoms. The van der Waals surface area contributed by atoms with Crippen LogP contribution in [0.1, 0.15) is 15.9 Å². The molecule has 0 aliphatic heterocycles. The van der Waals surface area contributed by atoms with Gasteiger partial charge in [0.05, 0.1) is 29.7 Å². The van der Waals surface area contributed by atoms with Gasteiger partial charge in [-0.05, 0) is 42.5 Å². The Bertz CT molecular complexity index is 1160. The molecule has 33 heavy (non-hydrogen) atoms. The highest BCUT2D eigenvalue weighted by Gasteiger charge is 2.31. The number of nitrogens with one attached hydrogen (secondary N) is 2. The molecule has 0 atom stereocenters. The van der Waals surface area contributed by atoms with E-state index in [9.17, 15) is 27.2 Å². The molecule has 7 nitrogen and oxygen atoms in total. The van der Waals surface area contributed by atoms with Gasteiger partial charge in [0.1, 0.15) is 16.6 Å². The quantitative estimate of drug-likeness (QED) is 0.379. The second-order valence-electron chi connectivity index (χ2n) is 6.44. The number of hydrogen-bond donors (Lipinski definition) is 2. The number of nitrogens with zero attached hydrogens (tertiary/aromatic N) is 2. The predicted octanol–water partition coefficient (Wildman–Crippen LogP) is 4.63. The summed E-state index contributed by atoms with van der Waals surface area (Å²) in [7, 11) is 1.27. The van der Waals surface area contributed by atoms with Crippen molar-refractivity contribution in [2.24, 2.45) is 0 Å². The first-order valence-electron chi connectivity index (χ1n) is 9.25. The summed E-state index contributed by atoms with van der Waals surface area (Å²) in [5, 5.41) is 12.8. The Hall–Kier alpha value is -3.67. The van der Waals surface area contributed by atoms with Gasteiger partial charge >= 0.3 is 6.18 Å². The number of carbonyl (C=O) groups excluding carboxylic acids is 2. The van der Waals surface area contributed by atoms with Crippen molar-refractivity contribution in [3.8, 4) is 5.75 Å². The maximum Gasteiger partial charge on any atom is 0.416 e. The lowest BCUT2D eigenvalue weighted by atomic mass is 10.2. The molecular formula is C21H16F4N4O3S. The average Bonchev–Trinajstić information content (AvgIpc) is 2.78. The van der Waals surface area contributed by atoms with Crippen LogP contribution in [0.4, 0.5) is 29.1 Å². The third kappa shape index (κ3) is 6.42. The molecule has 2 N–H and O–H groups in total. The number of carbonyl (C=O) groups is 2. The third-order valence-corrected chi connectivity index (χ3v) is 5.07. The fourth-order valence-corrected chi connectivity index (χ4v) is 3.21. The van der Waals surface area contributed by atoms with Gasteiger partial charge in [-0.15, -0.1) is 10.2 Å². The lowest BCUT2D eigenvalue weighted by Crippen LogP contribution is -2.16. The normalized spacial score (nSPS) is 11.1. The molecule has 3 rings (SSSR count). The summed E-state index contributed by atoms with van der Waals surface area (Å²) in [5.74, 6) is -1.98. The van der Waals surface area contributed by atoms with Crippen molar-refractivity contribution in [2.45, 2.75) is 11.2 Å². The fourth-order valence-electron chi connectivity index (χ4n) is 2.60. The molecule has 3 aromatic rings. The molecule has 12 heteroatoms. The number of aromatic nitrogens is 2. The molecule has 172 valence electrons. The van der Waals surface area contributed by atoms with Crippen LogP contribution in [-0.4, -0.2) is 34.9 Å². The molecule has 2 aromatic carbocycles. The largest absolute Gasteiger partial charge is 0.495 e. The molecule has 1 heterocycles. The highest BCUT2D eigenvalue weighted by atomic mass is 32.2. The van der Waals surface area contributed by atoms with Gasteiger partial charge in [-0.3, -0.25) is 9.59 Å². The van der Waals surface area contributed by atoms with Gasteiger partial charge in [0.2, 0.25) is 5.91 Å². The highest BCUT2D eigenvalue weighted by molar-refractivity contribution is 7.99. The summed E-state index contributed by atoms with van der Waals surface area (Å²) >= 11 is 0.976. The van der Waals surface area contributed by atoms with E-state index in [1.165, 1.54) is 37.4 Å². The van der Waals surface area contributed by atoms with Crippen molar-refractivity contribution in [1.29, 1.82) is 0 Å². The topological polar surface area (TPSA) is 93.2 Å². The zero-order chi connectivity index (χ0) is 24.0. The van der Waals surface area contributed by atoms with Crippen molar-refractivity contribution in [3.05, 3.63) is 71.5 Å². The molecular weight excluding hydrogens is 464 g/mol. The summed E-state index contributed by atoms with van der Waals surface area (Å²) in [6, 6.07) is 11.1. The monoisotopic (exact) mass is 480 g/mol. The van der Waals surface area contributed by atoms with Crippen molar-refractivity contribution < 1.29 is 31.9 Å². The number of hydrogen-bond acceptors (Lipinski definition) is 6. The Morgan fingerprint density at radius 2 is 1.79 bits per heavy atom. The highest BCUT2D eigenvalue weighted by Crippen LogP contribution is 2.35. The number of ether oxygens (including phenoxy) is 1. The van der Waals surface area contributed by atoms with Gasteiger partial charge in [-0.1, -0.05) is 23.9 Å². The number of anilines is 2. The first kappa shape index (κ1) is 24.0. The minimum Gasteiger partial charge on any atom is -0.495 e. The van der Waals surface area contributed by atoms with Gasteiger partial charge in [0.15, 0.2) is 5.82 Å². The van der Waals surface area contributed by atoms with Gasteiger partial charge in [-0.25, -0.2) is 4.39 Å². The molecule has 0 fully saturated rings. The van der Waals surface area contributed by atoms with Crippen LogP contribution >= 0.6 is 11.8 Å². The van der Waals surface area contributed by atoms with E-state index in [-0.39, 0.29) is 28.6 Å². The summed E-state index contributed by atoms with van der Waals surface area (Å²) < 4.78 is 57.4. The van der Waals surface area contributed by atoms with E-state index in [0.717, 1.165) is 36.0 Å². The van der Waals surface area contributed by atoms with E-state index in [2.05, 4.69) is 20.8 Å². The van der Waals surface area contributed by atoms with Crippen molar-refractivity contribution in [3.63, 3.8) is 0 Å².